The van der Waals surface area contributed by atoms with Crippen LogP contribution in [0.3, 0.4) is 0 Å². The van der Waals surface area contributed by atoms with Gasteiger partial charge in [0.1, 0.15) is 22.6 Å². The highest BCUT2D eigenvalue weighted by Crippen LogP contribution is 2.37. The van der Waals surface area contributed by atoms with Crippen molar-refractivity contribution in [1.82, 2.24) is 39.9 Å². The van der Waals surface area contributed by atoms with Crippen LogP contribution in [0.4, 0.5) is 0 Å². The summed E-state index contributed by atoms with van der Waals surface area (Å²) in [5, 5.41) is 2.92. The van der Waals surface area contributed by atoms with Crippen molar-refractivity contribution in [2.45, 2.75) is 4.90 Å². The third kappa shape index (κ3) is 3.59. The summed E-state index contributed by atoms with van der Waals surface area (Å²) in [7, 11) is 0. The Balaban J connectivity index is 1.52. The number of nitrogens with zero attached hydrogens (tertiary/aromatic N) is 6. The van der Waals surface area contributed by atoms with Crippen LogP contribution >= 0.6 is 0 Å². The second-order valence-corrected chi connectivity index (χ2v) is 11.1. The van der Waals surface area contributed by atoms with E-state index in [1.165, 1.54) is 0 Å². The van der Waals surface area contributed by atoms with Gasteiger partial charge in [0.25, 0.3) is 0 Å². The summed E-state index contributed by atoms with van der Waals surface area (Å²) in [5.41, 5.74) is 5.34. The second kappa shape index (κ2) is 8.92. The van der Waals surface area contributed by atoms with E-state index >= 15 is 0 Å². The average molecular weight is 579 g/mol. The van der Waals surface area contributed by atoms with Crippen LogP contribution in [-0.2, 0) is 11.1 Å². The maximum Gasteiger partial charge on any atom is 0.187 e. The van der Waals surface area contributed by atoms with Crippen molar-refractivity contribution in [3.05, 3.63) is 91.0 Å². The molecule has 0 aliphatic carbocycles. The summed E-state index contributed by atoms with van der Waals surface area (Å²) >= 11 is -2.27. The Morgan fingerprint density at radius 1 is 0.465 bits per heavy atom. The number of H-pyrrole nitrogens is 2. The monoisotopic (exact) mass is 578 g/mol. The van der Waals surface area contributed by atoms with Gasteiger partial charge in [0, 0.05) is 43.8 Å². The standard InChI is InChI=1S/C32H18N8O2S/c41-43(42)23-15-7-14-22-24(23)32-39-30-21-13-6-5-12-20(21)28(37-30)35-26-17-9-2-1-8-16(17)25(33-26)34-27-18-10-3-4-11-19(18)29(36-27)38-31(22)40-32/h1-15H,(H,41,42)(H2,33,34,35,36,37,38,39,40). The van der Waals surface area contributed by atoms with Crippen LogP contribution < -0.4 is 0 Å². The predicted octanol–water partition coefficient (Wildman–Crippen LogP) is 6.45. The van der Waals surface area contributed by atoms with E-state index in [4.69, 9.17) is 29.9 Å². The molecular weight excluding hydrogens is 560 g/mol. The lowest BCUT2D eigenvalue weighted by Gasteiger charge is -1.98. The van der Waals surface area contributed by atoms with Gasteiger partial charge in [-0.05, 0) is 6.07 Å². The lowest BCUT2D eigenvalue weighted by Crippen LogP contribution is -1.89. The Morgan fingerprint density at radius 2 is 0.860 bits per heavy atom. The van der Waals surface area contributed by atoms with E-state index in [1.807, 2.05) is 78.9 Å². The SMILES string of the molecule is O=S(O)c1cccc2c3nc4nc(nc5[nH]c(nc6nc(nc([nH]3)c12)-c1ccccc1-6)c1ccccc51)-c1ccccc1-4. The zero-order chi connectivity index (χ0) is 28.7. The average Bonchev–Trinajstić information content (AvgIpc) is 3.76. The molecule has 11 heteroatoms. The summed E-state index contributed by atoms with van der Waals surface area (Å²) in [5.74, 6) is 1.89. The van der Waals surface area contributed by atoms with Crippen molar-refractivity contribution in [3.63, 3.8) is 0 Å². The van der Waals surface area contributed by atoms with Crippen LogP contribution in [0.25, 0.3) is 89.7 Å². The normalized spacial score (nSPS) is 12.8. The lowest BCUT2D eigenvalue weighted by atomic mass is 10.1. The van der Waals surface area contributed by atoms with Crippen LogP contribution in [0.5, 0.6) is 0 Å². The highest BCUT2D eigenvalue weighted by molar-refractivity contribution is 7.79. The smallest absolute Gasteiger partial charge is 0.187 e. The van der Waals surface area contributed by atoms with Gasteiger partial charge in [0.05, 0.1) is 4.90 Å². The zero-order valence-electron chi connectivity index (χ0n) is 22.1. The van der Waals surface area contributed by atoms with Gasteiger partial charge in [-0.3, -0.25) is 0 Å². The second-order valence-electron chi connectivity index (χ2n) is 10.2. The van der Waals surface area contributed by atoms with Gasteiger partial charge < -0.3 is 14.5 Å². The first-order valence-electron chi connectivity index (χ1n) is 13.5. The molecular formula is C32H18N8O2S. The largest absolute Gasteiger partial charge is 0.324 e. The molecule has 2 aliphatic rings. The van der Waals surface area contributed by atoms with Crippen LogP contribution in [0, 0.1) is 0 Å². The summed E-state index contributed by atoms with van der Waals surface area (Å²) in [6.07, 6.45) is 0. The molecule has 2 aliphatic heterocycles. The Kier molecular flexibility index (Phi) is 4.98. The maximum atomic E-state index is 12.4. The van der Waals surface area contributed by atoms with Crippen molar-refractivity contribution in [2.24, 2.45) is 0 Å². The van der Waals surface area contributed by atoms with Gasteiger partial charge in [-0.15, -0.1) is 0 Å². The number of hydrogen-bond acceptors (Lipinski definition) is 7. The molecule has 0 spiro atoms. The highest BCUT2D eigenvalue weighted by atomic mass is 32.2. The third-order valence-electron chi connectivity index (χ3n) is 7.73. The van der Waals surface area contributed by atoms with E-state index in [1.54, 1.807) is 12.1 Å². The molecule has 0 fully saturated rings. The van der Waals surface area contributed by atoms with Crippen LogP contribution in [0.15, 0.2) is 95.9 Å². The van der Waals surface area contributed by atoms with E-state index < -0.39 is 11.1 Å². The Bertz CT molecular complexity index is 2510. The number of aromatic nitrogens is 8. The van der Waals surface area contributed by atoms with Crippen molar-refractivity contribution < 1.29 is 8.76 Å². The number of hydrogen-bond donors (Lipinski definition) is 3. The molecule has 43 heavy (non-hydrogen) atoms. The highest BCUT2D eigenvalue weighted by Gasteiger charge is 2.22. The molecule has 9 rings (SSSR count). The van der Waals surface area contributed by atoms with Gasteiger partial charge in [-0.2, -0.15) is 0 Å². The fourth-order valence-electron chi connectivity index (χ4n) is 5.80. The number of benzene rings is 4. The van der Waals surface area contributed by atoms with Crippen molar-refractivity contribution in [2.75, 3.05) is 0 Å². The van der Waals surface area contributed by atoms with E-state index in [2.05, 4.69) is 9.97 Å². The van der Waals surface area contributed by atoms with Crippen LogP contribution in [0.1, 0.15) is 0 Å². The first-order chi connectivity index (χ1) is 21.1. The van der Waals surface area contributed by atoms with Crippen molar-refractivity contribution in [1.29, 1.82) is 0 Å². The van der Waals surface area contributed by atoms with Gasteiger partial charge in [-0.1, -0.05) is 84.9 Å². The van der Waals surface area contributed by atoms with Crippen LogP contribution in [0.2, 0.25) is 0 Å². The molecule has 0 saturated heterocycles. The van der Waals surface area contributed by atoms with Gasteiger partial charge in [0.2, 0.25) is 0 Å². The minimum atomic E-state index is -2.27. The summed E-state index contributed by atoms with van der Waals surface area (Å²) in [6.45, 7) is 0. The number of aromatic amines is 2. The lowest BCUT2D eigenvalue weighted by molar-refractivity contribution is 0.565. The molecule has 4 aromatic carbocycles. The maximum absolute atomic E-state index is 12.4. The first-order valence-corrected chi connectivity index (χ1v) is 14.6. The van der Waals surface area contributed by atoms with Crippen molar-refractivity contribution >= 4 is 55.2 Å². The third-order valence-corrected chi connectivity index (χ3v) is 8.45. The van der Waals surface area contributed by atoms with Gasteiger partial charge in [-0.25, -0.2) is 34.1 Å². The number of rotatable bonds is 1. The molecule has 1 unspecified atom stereocenters. The van der Waals surface area contributed by atoms with Gasteiger partial charge in [0.15, 0.2) is 34.4 Å². The molecule has 0 radical (unpaired) electrons. The van der Waals surface area contributed by atoms with Crippen LogP contribution in [-0.4, -0.2) is 48.6 Å². The predicted molar refractivity (Wildman–Crippen MR) is 165 cm³/mol. The Labute approximate surface area is 244 Å². The first kappa shape index (κ1) is 24.0. The topological polar surface area (TPSA) is 146 Å². The molecule has 3 aromatic heterocycles. The molecule has 204 valence electrons. The van der Waals surface area contributed by atoms with E-state index in [-0.39, 0.29) is 4.90 Å². The molecule has 8 bridgehead atoms. The van der Waals surface area contributed by atoms with Crippen molar-refractivity contribution in [3.8, 4) is 45.6 Å². The molecule has 10 nitrogen and oxygen atoms in total. The molecule has 0 saturated carbocycles. The Hall–Kier alpha value is -5.65. The minimum absolute atomic E-state index is 0.216. The van der Waals surface area contributed by atoms with E-state index in [0.717, 1.165) is 33.0 Å². The minimum Gasteiger partial charge on any atom is -0.324 e. The fraction of sp³-hybridized carbons (Fsp3) is 0. The van der Waals surface area contributed by atoms with E-state index in [9.17, 15) is 8.76 Å². The fourth-order valence-corrected chi connectivity index (χ4v) is 6.38. The van der Waals surface area contributed by atoms with E-state index in [0.29, 0.717) is 56.7 Å². The quantitative estimate of drug-likeness (QED) is 0.188. The molecule has 7 aromatic rings. The number of nitrogens with one attached hydrogen (secondary N) is 2. The summed E-state index contributed by atoms with van der Waals surface area (Å²) in [6, 6.07) is 28.6. The zero-order valence-corrected chi connectivity index (χ0v) is 22.9. The van der Waals surface area contributed by atoms with Gasteiger partial charge >= 0.3 is 0 Å². The summed E-state index contributed by atoms with van der Waals surface area (Å²) in [4.78, 5) is 36.4. The Morgan fingerprint density at radius 3 is 1.35 bits per heavy atom. The summed E-state index contributed by atoms with van der Waals surface area (Å²) < 4.78 is 22.6. The molecule has 5 heterocycles. The molecule has 1 atom stereocenters. The molecule has 3 N–H and O–H groups in total. The number of fused-ring (bicyclic) bond motifs is 20. The molecule has 0 amide bonds.